The second kappa shape index (κ2) is 7.20. The third-order valence-corrected chi connectivity index (χ3v) is 4.33. The van der Waals surface area contributed by atoms with Crippen LogP contribution in [0.2, 0.25) is 5.02 Å². The van der Waals surface area contributed by atoms with Gasteiger partial charge in [0, 0.05) is 10.1 Å². The summed E-state index contributed by atoms with van der Waals surface area (Å²) in [6.45, 7) is 4.34. The average Bonchev–Trinajstić information content (AvgIpc) is 2.43. The Morgan fingerprint density at radius 2 is 2.00 bits per heavy atom. The Morgan fingerprint density at radius 3 is 2.70 bits per heavy atom. The normalized spacial score (nSPS) is 10.8. The van der Waals surface area contributed by atoms with Gasteiger partial charge < -0.3 is 5.32 Å². The number of benzene rings is 1. The summed E-state index contributed by atoms with van der Waals surface area (Å²) >= 11 is 9.45. The van der Waals surface area contributed by atoms with Crippen LogP contribution in [0.5, 0.6) is 0 Å². The quantitative estimate of drug-likeness (QED) is 0.611. The maximum Gasteiger partial charge on any atom is 0.189 e. The maximum atomic E-state index is 6.16. The molecule has 1 N–H and O–H groups in total. The number of halogens is 1. The predicted molar refractivity (Wildman–Crippen MR) is 89.5 cm³/mol. The van der Waals surface area contributed by atoms with Crippen molar-refractivity contribution < 1.29 is 0 Å². The molecule has 0 saturated carbocycles. The fourth-order valence-electron chi connectivity index (χ4n) is 1.59. The third-order valence-electron chi connectivity index (χ3n) is 2.41. The highest BCUT2D eigenvalue weighted by atomic mass is 35.5. The van der Waals surface area contributed by atoms with Gasteiger partial charge in [-0.05, 0) is 18.4 Å². The molecule has 106 valence electrons. The maximum absolute atomic E-state index is 6.16. The summed E-state index contributed by atoms with van der Waals surface area (Å²) in [7, 11) is 0. The lowest BCUT2D eigenvalue weighted by Crippen LogP contribution is -1.99. The Bertz CT molecular complexity index is 590. The lowest BCUT2D eigenvalue weighted by molar-refractivity contribution is 0.975. The van der Waals surface area contributed by atoms with Gasteiger partial charge in [0.2, 0.25) is 0 Å². The van der Waals surface area contributed by atoms with Crippen molar-refractivity contribution in [3.05, 3.63) is 35.5 Å². The summed E-state index contributed by atoms with van der Waals surface area (Å²) in [5, 5.41) is 5.04. The molecule has 1 aromatic heterocycles. The van der Waals surface area contributed by atoms with E-state index in [1.165, 1.54) is 16.7 Å². The molecule has 6 heteroatoms. The number of hydrogen-bond acceptors (Lipinski definition) is 5. The van der Waals surface area contributed by atoms with Crippen molar-refractivity contribution in [2.75, 3.05) is 11.6 Å². The Balaban J connectivity index is 2.30. The van der Waals surface area contributed by atoms with Crippen LogP contribution in [0, 0.1) is 0 Å². The van der Waals surface area contributed by atoms with Gasteiger partial charge in [-0.1, -0.05) is 49.3 Å². The lowest BCUT2D eigenvalue weighted by atomic mass is 10.3. The van der Waals surface area contributed by atoms with Gasteiger partial charge in [0.25, 0.3) is 0 Å². The van der Waals surface area contributed by atoms with Gasteiger partial charge in [0.1, 0.15) is 5.02 Å². The van der Waals surface area contributed by atoms with Crippen LogP contribution in [0.1, 0.15) is 13.8 Å². The minimum absolute atomic E-state index is 0.514. The first-order valence-corrected chi connectivity index (χ1v) is 8.67. The first-order valence-electron chi connectivity index (χ1n) is 6.19. The summed E-state index contributed by atoms with van der Waals surface area (Å²) in [5.74, 6) is 0.642. The predicted octanol–water partition coefficient (Wildman–Crippen LogP) is 5.10. The molecule has 1 aromatic carbocycles. The number of hydrogen-bond donors (Lipinski definition) is 1. The van der Waals surface area contributed by atoms with E-state index in [0.29, 0.717) is 21.2 Å². The smallest absolute Gasteiger partial charge is 0.189 e. The first kappa shape index (κ1) is 15.5. The van der Waals surface area contributed by atoms with Crippen LogP contribution in [0.15, 0.2) is 40.5 Å². The zero-order chi connectivity index (χ0) is 14.5. The molecule has 0 amide bonds. The summed E-state index contributed by atoms with van der Waals surface area (Å²) < 4.78 is 0. The van der Waals surface area contributed by atoms with Crippen LogP contribution in [0.3, 0.4) is 0 Å². The van der Waals surface area contributed by atoms with Crippen molar-refractivity contribution in [1.29, 1.82) is 0 Å². The fourth-order valence-corrected chi connectivity index (χ4v) is 2.98. The number of nitrogens with zero attached hydrogens (tertiary/aromatic N) is 2. The molecule has 0 saturated heterocycles. The van der Waals surface area contributed by atoms with Gasteiger partial charge in [-0.3, -0.25) is 0 Å². The van der Waals surface area contributed by atoms with E-state index in [0.717, 1.165) is 5.69 Å². The molecule has 3 nitrogen and oxygen atoms in total. The molecule has 1 heterocycles. The minimum atomic E-state index is 0.514. The minimum Gasteiger partial charge on any atom is -0.338 e. The second-order valence-electron chi connectivity index (χ2n) is 4.34. The number of thioether (sulfide) groups is 2. The van der Waals surface area contributed by atoms with Gasteiger partial charge in [-0.15, -0.1) is 11.8 Å². The molecule has 0 aliphatic heterocycles. The Morgan fingerprint density at radius 1 is 1.25 bits per heavy atom. The van der Waals surface area contributed by atoms with Crippen molar-refractivity contribution in [1.82, 2.24) is 9.97 Å². The molecule has 0 aliphatic rings. The Kier molecular flexibility index (Phi) is 5.57. The van der Waals surface area contributed by atoms with Crippen LogP contribution in [-0.4, -0.2) is 21.5 Å². The van der Waals surface area contributed by atoms with Gasteiger partial charge in [0.15, 0.2) is 11.0 Å². The molecule has 0 fully saturated rings. The fraction of sp³-hybridized carbons (Fsp3) is 0.286. The highest BCUT2D eigenvalue weighted by molar-refractivity contribution is 8.00. The largest absolute Gasteiger partial charge is 0.338 e. The van der Waals surface area contributed by atoms with E-state index in [2.05, 4.69) is 35.2 Å². The van der Waals surface area contributed by atoms with Crippen molar-refractivity contribution >= 4 is 46.6 Å². The standard InChI is InChI=1S/C14H16ClN3S2/c1-9(2)20-12-7-5-4-6-11(12)17-13-10(15)8-16-14(18-13)19-3/h4-9H,1-3H3,(H,16,17,18). The van der Waals surface area contributed by atoms with E-state index in [-0.39, 0.29) is 0 Å². The van der Waals surface area contributed by atoms with Gasteiger partial charge in [0.05, 0.1) is 11.9 Å². The molecule has 2 aromatic rings. The molecule has 0 radical (unpaired) electrons. The highest BCUT2D eigenvalue weighted by Crippen LogP contribution is 2.33. The average molecular weight is 326 g/mol. The van der Waals surface area contributed by atoms with Crippen LogP contribution >= 0.6 is 35.1 Å². The van der Waals surface area contributed by atoms with Crippen LogP contribution in [0.25, 0.3) is 0 Å². The number of rotatable bonds is 5. The zero-order valence-electron chi connectivity index (χ0n) is 11.6. The molecular formula is C14H16ClN3S2. The number of para-hydroxylation sites is 1. The Hall–Kier alpha value is -0.910. The van der Waals surface area contributed by atoms with Gasteiger partial charge >= 0.3 is 0 Å². The topological polar surface area (TPSA) is 37.8 Å². The summed E-state index contributed by atoms with van der Waals surface area (Å²) in [5.41, 5.74) is 1.01. The first-order chi connectivity index (χ1) is 9.60. The van der Waals surface area contributed by atoms with Crippen molar-refractivity contribution in [2.24, 2.45) is 0 Å². The van der Waals surface area contributed by atoms with E-state index in [1.807, 2.05) is 24.5 Å². The SMILES string of the molecule is CSc1ncc(Cl)c(Nc2ccccc2SC(C)C)n1. The molecular weight excluding hydrogens is 310 g/mol. The van der Waals surface area contributed by atoms with E-state index < -0.39 is 0 Å². The lowest BCUT2D eigenvalue weighted by Gasteiger charge is -2.13. The second-order valence-corrected chi connectivity index (χ2v) is 7.14. The number of nitrogens with one attached hydrogen (secondary N) is 1. The molecule has 0 spiro atoms. The highest BCUT2D eigenvalue weighted by Gasteiger charge is 2.09. The summed E-state index contributed by atoms with van der Waals surface area (Å²) in [6, 6.07) is 8.15. The van der Waals surface area contributed by atoms with E-state index in [4.69, 9.17) is 11.6 Å². The zero-order valence-corrected chi connectivity index (χ0v) is 13.9. The van der Waals surface area contributed by atoms with E-state index in [9.17, 15) is 0 Å². The molecule has 2 rings (SSSR count). The van der Waals surface area contributed by atoms with Gasteiger partial charge in [-0.2, -0.15) is 0 Å². The monoisotopic (exact) mass is 325 g/mol. The number of anilines is 2. The summed E-state index contributed by atoms with van der Waals surface area (Å²) in [6.07, 6.45) is 3.57. The van der Waals surface area contributed by atoms with Crippen LogP contribution in [-0.2, 0) is 0 Å². The third kappa shape index (κ3) is 4.04. The molecule has 0 aliphatic carbocycles. The summed E-state index contributed by atoms with van der Waals surface area (Å²) in [4.78, 5) is 9.73. The Labute approximate surface area is 132 Å². The molecule has 0 bridgehead atoms. The van der Waals surface area contributed by atoms with Crippen LogP contribution < -0.4 is 5.32 Å². The van der Waals surface area contributed by atoms with Crippen LogP contribution in [0.4, 0.5) is 11.5 Å². The van der Waals surface area contributed by atoms with Crippen molar-refractivity contribution in [3.63, 3.8) is 0 Å². The molecule has 0 atom stereocenters. The van der Waals surface area contributed by atoms with E-state index in [1.54, 1.807) is 18.0 Å². The molecule has 0 unspecified atom stereocenters. The molecule has 20 heavy (non-hydrogen) atoms. The van der Waals surface area contributed by atoms with Gasteiger partial charge in [-0.25, -0.2) is 9.97 Å². The van der Waals surface area contributed by atoms with E-state index >= 15 is 0 Å². The van der Waals surface area contributed by atoms with Crippen molar-refractivity contribution in [3.8, 4) is 0 Å². The number of aromatic nitrogens is 2. The van der Waals surface area contributed by atoms with Crippen molar-refractivity contribution in [2.45, 2.75) is 29.1 Å².